The summed E-state index contributed by atoms with van der Waals surface area (Å²) >= 11 is 0. The van der Waals surface area contributed by atoms with Gasteiger partial charge in [0.25, 0.3) is 5.91 Å². The lowest BCUT2D eigenvalue weighted by molar-refractivity contribution is -0.0812. The highest BCUT2D eigenvalue weighted by atomic mass is 16.5. The summed E-state index contributed by atoms with van der Waals surface area (Å²) in [6, 6.07) is 4.87. The maximum atomic E-state index is 13.6. The molecule has 30 heavy (non-hydrogen) atoms. The van der Waals surface area contributed by atoms with Crippen molar-refractivity contribution in [1.29, 1.82) is 0 Å². The highest BCUT2D eigenvalue weighted by Crippen LogP contribution is 2.37. The first-order valence-electron chi connectivity index (χ1n) is 9.79. The Hall–Kier alpha value is -2.84. The zero-order valence-electron chi connectivity index (χ0n) is 17.9. The number of carbonyl (C=O) groups is 2. The van der Waals surface area contributed by atoms with Gasteiger partial charge in [-0.1, -0.05) is 6.07 Å². The minimum Gasteiger partial charge on any atom is -0.493 e. The quantitative estimate of drug-likeness (QED) is 0.702. The Morgan fingerprint density at radius 2 is 1.93 bits per heavy atom. The van der Waals surface area contributed by atoms with Gasteiger partial charge in [0.15, 0.2) is 17.3 Å². The number of morpholine rings is 1. The van der Waals surface area contributed by atoms with Crippen LogP contribution >= 0.6 is 0 Å². The molecule has 1 amide bonds. The van der Waals surface area contributed by atoms with Crippen LogP contribution < -0.4 is 9.47 Å². The van der Waals surface area contributed by atoms with Gasteiger partial charge in [0.1, 0.15) is 6.10 Å². The van der Waals surface area contributed by atoms with Gasteiger partial charge in [0.2, 0.25) is 0 Å². The van der Waals surface area contributed by atoms with E-state index in [2.05, 4.69) is 4.98 Å². The van der Waals surface area contributed by atoms with Gasteiger partial charge in [-0.3, -0.25) is 9.59 Å². The number of aromatic amines is 1. The molecule has 0 radical (unpaired) electrons. The number of amides is 1. The van der Waals surface area contributed by atoms with Crippen LogP contribution in [-0.4, -0.2) is 66.8 Å². The topological polar surface area (TPSA) is 101 Å². The van der Waals surface area contributed by atoms with Crippen molar-refractivity contribution in [1.82, 2.24) is 9.88 Å². The Bertz CT molecular complexity index is 951. The monoisotopic (exact) mass is 416 g/mol. The van der Waals surface area contributed by atoms with Crippen LogP contribution in [0.5, 0.6) is 11.5 Å². The molecule has 1 aliphatic heterocycles. The second-order valence-electron chi connectivity index (χ2n) is 7.33. The van der Waals surface area contributed by atoms with Gasteiger partial charge in [-0.25, -0.2) is 0 Å². The molecule has 1 fully saturated rings. The van der Waals surface area contributed by atoms with E-state index in [0.29, 0.717) is 47.2 Å². The predicted octanol–water partition coefficient (Wildman–Crippen LogP) is 2.43. The van der Waals surface area contributed by atoms with Gasteiger partial charge in [-0.2, -0.15) is 0 Å². The minimum absolute atomic E-state index is 0.124. The van der Waals surface area contributed by atoms with Crippen molar-refractivity contribution >= 4 is 11.7 Å². The molecule has 0 bridgehead atoms. The zero-order valence-corrected chi connectivity index (χ0v) is 17.9. The molecule has 2 heterocycles. The second-order valence-corrected chi connectivity index (χ2v) is 7.33. The molecule has 0 saturated carbocycles. The van der Waals surface area contributed by atoms with Crippen molar-refractivity contribution in [2.45, 2.75) is 32.9 Å². The van der Waals surface area contributed by atoms with Crippen LogP contribution in [-0.2, 0) is 4.74 Å². The van der Waals surface area contributed by atoms with Crippen molar-refractivity contribution < 1.29 is 28.9 Å². The van der Waals surface area contributed by atoms with Gasteiger partial charge < -0.3 is 29.2 Å². The number of ketones is 1. The van der Waals surface area contributed by atoms with E-state index < -0.39 is 12.1 Å². The summed E-state index contributed by atoms with van der Waals surface area (Å²) in [7, 11) is 3.10. The molecule has 0 aliphatic carbocycles. The Kier molecular flexibility index (Phi) is 6.48. The van der Waals surface area contributed by atoms with Crippen LogP contribution in [0.2, 0.25) is 0 Å². The van der Waals surface area contributed by atoms with Crippen molar-refractivity contribution in [3.8, 4) is 11.5 Å². The largest absolute Gasteiger partial charge is 0.493 e. The molecule has 1 aliphatic rings. The van der Waals surface area contributed by atoms with Gasteiger partial charge >= 0.3 is 0 Å². The lowest BCUT2D eigenvalue weighted by Gasteiger charge is -2.41. The van der Waals surface area contributed by atoms with E-state index in [0.717, 1.165) is 5.56 Å². The first-order chi connectivity index (χ1) is 14.3. The Morgan fingerprint density at radius 3 is 2.50 bits per heavy atom. The summed E-state index contributed by atoms with van der Waals surface area (Å²) in [5.41, 5.74) is 2.94. The first-order valence-corrected chi connectivity index (χ1v) is 9.79. The van der Waals surface area contributed by atoms with Crippen LogP contribution in [0.1, 0.15) is 50.6 Å². The van der Waals surface area contributed by atoms with Crippen LogP contribution in [0.15, 0.2) is 18.2 Å². The van der Waals surface area contributed by atoms with Crippen molar-refractivity contribution in [2.24, 2.45) is 0 Å². The number of nitrogens with zero attached hydrogens (tertiary/aromatic N) is 1. The number of aliphatic hydroxyl groups is 1. The molecular formula is C22H28N2O6. The normalized spacial score (nSPS) is 18.9. The van der Waals surface area contributed by atoms with E-state index >= 15 is 0 Å². The van der Waals surface area contributed by atoms with Gasteiger partial charge in [0.05, 0.1) is 44.7 Å². The zero-order chi connectivity index (χ0) is 22.0. The molecule has 8 heteroatoms. The van der Waals surface area contributed by atoms with E-state index in [1.807, 2.05) is 6.07 Å². The molecule has 2 atom stereocenters. The smallest absolute Gasteiger partial charge is 0.256 e. The third-order valence-electron chi connectivity index (χ3n) is 5.55. The summed E-state index contributed by atoms with van der Waals surface area (Å²) in [6.45, 7) is 5.43. The summed E-state index contributed by atoms with van der Waals surface area (Å²) in [5, 5.41) is 9.94. The average molecular weight is 416 g/mol. The maximum Gasteiger partial charge on any atom is 0.256 e. The van der Waals surface area contributed by atoms with Gasteiger partial charge in [-0.15, -0.1) is 0 Å². The molecule has 0 spiro atoms. The molecule has 2 N–H and O–H groups in total. The Labute approximate surface area is 175 Å². The number of aryl methyl sites for hydroxylation is 1. The molecule has 162 valence electrons. The van der Waals surface area contributed by atoms with Gasteiger partial charge in [0, 0.05) is 19.2 Å². The molecule has 0 unspecified atom stereocenters. The number of aliphatic hydroxyl groups excluding tert-OH is 1. The molecule has 1 aromatic heterocycles. The summed E-state index contributed by atoms with van der Waals surface area (Å²) in [6.07, 6.45) is -0.590. The number of carbonyl (C=O) groups excluding carboxylic acids is 2. The fourth-order valence-corrected chi connectivity index (χ4v) is 4.11. The summed E-state index contributed by atoms with van der Waals surface area (Å²) in [5.74, 6) is 0.758. The third kappa shape index (κ3) is 3.80. The second kappa shape index (κ2) is 8.89. The number of rotatable bonds is 6. The van der Waals surface area contributed by atoms with Crippen molar-refractivity contribution in [3.63, 3.8) is 0 Å². The number of H-pyrrole nitrogens is 1. The molecule has 1 aromatic carbocycles. The molecular weight excluding hydrogens is 388 g/mol. The number of hydrogen-bond acceptors (Lipinski definition) is 6. The lowest BCUT2D eigenvalue weighted by atomic mass is 9.96. The number of hydrogen-bond donors (Lipinski definition) is 2. The van der Waals surface area contributed by atoms with Crippen LogP contribution in [0.4, 0.5) is 0 Å². The highest BCUT2D eigenvalue weighted by molar-refractivity contribution is 6.02. The minimum atomic E-state index is -0.590. The predicted molar refractivity (Wildman–Crippen MR) is 110 cm³/mol. The Morgan fingerprint density at radius 1 is 1.23 bits per heavy atom. The van der Waals surface area contributed by atoms with E-state index in [9.17, 15) is 14.7 Å². The number of ether oxygens (including phenoxy) is 3. The first kappa shape index (κ1) is 21.9. The van der Waals surface area contributed by atoms with E-state index in [-0.39, 0.29) is 18.3 Å². The van der Waals surface area contributed by atoms with Crippen LogP contribution in [0.3, 0.4) is 0 Å². The highest BCUT2D eigenvalue weighted by Gasteiger charge is 2.38. The maximum absolute atomic E-state index is 13.6. The van der Waals surface area contributed by atoms with Gasteiger partial charge in [-0.05, 0) is 37.1 Å². The number of aromatic nitrogens is 1. The SMILES string of the molecule is COc1ccc([C@@H]2[C@@H](CO)OCCN2C(=O)c2c(C)[nH]c(C(C)=O)c2C)cc1OC. The van der Waals surface area contributed by atoms with Crippen LogP contribution in [0, 0.1) is 13.8 Å². The standard InChI is InChI=1S/C22H28N2O6/c1-12-19(13(2)23-20(12)14(3)26)22(27)24-8-9-30-18(11-25)21(24)15-6-7-16(28-4)17(10-15)29-5/h6-7,10,18,21,23,25H,8-9,11H2,1-5H3/t18-,21-/m1/s1. The van der Waals surface area contributed by atoms with Crippen LogP contribution in [0.25, 0.3) is 0 Å². The van der Waals surface area contributed by atoms with E-state index in [1.165, 1.54) is 6.92 Å². The summed E-state index contributed by atoms with van der Waals surface area (Å²) < 4.78 is 16.5. The third-order valence-corrected chi connectivity index (χ3v) is 5.55. The summed E-state index contributed by atoms with van der Waals surface area (Å²) in [4.78, 5) is 30.2. The van der Waals surface area contributed by atoms with E-state index in [4.69, 9.17) is 14.2 Å². The molecule has 3 rings (SSSR count). The number of methoxy groups -OCH3 is 2. The van der Waals surface area contributed by atoms with Crippen molar-refractivity contribution in [2.75, 3.05) is 34.0 Å². The average Bonchev–Trinajstić information content (AvgIpc) is 3.06. The van der Waals surface area contributed by atoms with Crippen molar-refractivity contribution in [3.05, 3.63) is 46.3 Å². The Balaban J connectivity index is 2.06. The fraction of sp³-hybridized carbons (Fsp3) is 0.455. The number of benzene rings is 1. The molecule has 1 saturated heterocycles. The molecule has 2 aromatic rings. The van der Waals surface area contributed by atoms with E-state index in [1.54, 1.807) is 45.1 Å². The number of nitrogens with one attached hydrogen (secondary N) is 1. The number of Topliss-reactive ketones (excluding diaryl/α,β-unsaturated/α-hetero) is 1. The molecule has 8 nitrogen and oxygen atoms in total. The fourth-order valence-electron chi connectivity index (χ4n) is 4.11. The lowest BCUT2D eigenvalue weighted by Crippen LogP contribution is -2.49.